The number of hydrogen-bond donors (Lipinski definition) is 0. The molecule has 2 heteroatoms. The minimum Gasteiger partial charge on any atom is -0.453 e. The summed E-state index contributed by atoms with van der Waals surface area (Å²) >= 11 is 0. The van der Waals surface area contributed by atoms with E-state index in [0.717, 1.165) is 50.1 Å². The summed E-state index contributed by atoms with van der Waals surface area (Å²) in [4.78, 5) is 2.37. The van der Waals surface area contributed by atoms with E-state index in [4.69, 9.17) is 4.42 Å². The van der Waals surface area contributed by atoms with E-state index in [-0.39, 0.29) is 0 Å². The van der Waals surface area contributed by atoms with E-state index in [1.54, 1.807) is 0 Å². The van der Waals surface area contributed by atoms with Gasteiger partial charge in [-0.25, -0.2) is 0 Å². The molecule has 280 valence electrons. The molecular formula is C58H37NO. The van der Waals surface area contributed by atoms with Gasteiger partial charge in [-0.15, -0.1) is 0 Å². The Labute approximate surface area is 347 Å². The molecule has 0 radical (unpaired) electrons. The smallest absolute Gasteiger partial charge is 0.159 e. The molecule has 0 saturated carbocycles. The molecule has 0 aliphatic rings. The molecule has 1 aromatic heterocycles. The van der Waals surface area contributed by atoms with Crippen molar-refractivity contribution in [3.8, 4) is 33.4 Å². The molecule has 12 rings (SSSR count). The first kappa shape index (κ1) is 34.1. The Kier molecular flexibility index (Phi) is 7.89. The van der Waals surface area contributed by atoms with Crippen molar-refractivity contribution in [3.63, 3.8) is 0 Å². The monoisotopic (exact) mass is 763 g/mol. The average Bonchev–Trinajstić information content (AvgIpc) is 3.70. The summed E-state index contributed by atoms with van der Waals surface area (Å²) in [5.74, 6) is 0. The number of nitrogens with zero attached hydrogens (tertiary/aromatic N) is 1. The highest BCUT2D eigenvalue weighted by Crippen LogP contribution is 2.47. The van der Waals surface area contributed by atoms with Gasteiger partial charge >= 0.3 is 0 Å². The van der Waals surface area contributed by atoms with Crippen LogP contribution >= 0.6 is 0 Å². The fourth-order valence-electron chi connectivity index (χ4n) is 9.40. The molecule has 11 aromatic carbocycles. The Morgan fingerprint density at radius 1 is 0.267 bits per heavy atom. The van der Waals surface area contributed by atoms with Crippen LogP contribution in [0.15, 0.2) is 229 Å². The zero-order valence-corrected chi connectivity index (χ0v) is 32.7. The predicted molar refractivity (Wildman–Crippen MR) is 255 cm³/mol. The van der Waals surface area contributed by atoms with Crippen LogP contribution in [0, 0.1) is 0 Å². The zero-order valence-electron chi connectivity index (χ0n) is 32.7. The minimum atomic E-state index is 0.848. The second-order valence-corrected chi connectivity index (χ2v) is 15.6. The highest BCUT2D eigenvalue weighted by Gasteiger charge is 2.23. The molecule has 0 unspecified atom stereocenters. The predicted octanol–water partition coefficient (Wildman–Crippen LogP) is 16.7. The zero-order chi connectivity index (χ0) is 39.6. The van der Waals surface area contributed by atoms with Gasteiger partial charge in [0.25, 0.3) is 0 Å². The van der Waals surface area contributed by atoms with Gasteiger partial charge in [-0.3, -0.25) is 0 Å². The van der Waals surface area contributed by atoms with Gasteiger partial charge in [-0.1, -0.05) is 188 Å². The molecule has 0 saturated heterocycles. The van der Waals surface area contributed by atoms with Crippen molar-refractivity contribution in [1.82, 2.24) is 0 Å². The van der Waals surface area contributed by atoms with Gasteiger partial charge in [0.05, 0.1) is 5.69 Å². The van der Waals surface area contributed by atoms with Gasteiger partial charge in [0.15, 0.2) is 5.58 Å². The largest absolute Gasteiger partial charge is 0.453 e. The van der Waals surface area contributed by atoms with Crippen molar-refractivity contribution in [1.29, 1.82) is 0 Å². The molecule has 0 spiro atoms. The number of rotatable bonds is 6. The molecule has 0 amide bonds. The van der Waals surface area contributed by atoms with Crippen LogP contribution in [0.5, 0.6) is 0 Å². The van der Waals surface area contributed by atoms with Crippen molar-refractivity contribution < 1.29 is 4.42 Å². The molecule has 1 heterocycles. The molecule has 0 fully saturated rings. The Hall–Kier alpha value is -7.94. The molecule has 0 aliphatic heterocycles. The normalized spacial score (nSPS) is 11.7. The Morgan fingerprint density at radius 3 is 1.37 bits per heavy atom. The molecule has 0 atom stereocenters. The van der Waals surface area contributed by atoms with Crippen molar-refractivity contribution in [2.75, 3.05) is 4.90 Å². The number of fused-ring (bicyclic) bond motifs is 10. The maximum Gasteiger partial charge on any atom is 0.159 e. The van der Waals surface area contributed by atoms with Crippen molar-refractivity contribution in [2.24, 2.45) is 0 Å². The molecule has 0 bridgehead atoms. The van der Waals surface area contributed by atoms with Crippen LogP contribution in [0.1, 0.15) is 0 Å². The fourth-order valence-corrected chi connectivity index (χ4v) is 9.40. The third kappa shape index (κ3) is 5.50. The summed E-state index contributed by atoms with van der Waals surface area (Å²) in [5, 5.41) is 12.0. The van der Waals surface area contributed by atoms with E-state index >= 15 is 0 Å². The van der Waals surface area contributed by atoms with Crippen LogP contribution in [0.3, 0.4) is 0 Å². The first-order valence-corrected chi connectivity index (χ1v) is 20.6. The topological polar surface area (TPSA) is 16.4 Å². The number of anilines is 3. The van der Waals surface area contributed by atoms with Gasteiger partial charge in [0.1, 0.15) is 5.58 Å². The Bertz CT molecular complexity index is 3530. The molecule has 0 N–H and O–H groups in total. The van der Waals surface area contributed by atoms with Gasteiger partial charge in [0, 0.05) is 27.7 Å². The summed E-state index contributed by atoms with van der Waals surface area (Å²) < 4.78 is 7.28. The SMILES string of the molecule is c1ccc(-c2ccc(-c3c4ccccc4cc4c3oc3c(N(c5ccc(-c6ccccc6)cc5)c5ccc6c7ccccc7c7ccccc7c6c5)cccc34)cc2)cc1. The highest BCUT2D eigenvalue weighted by atomic mass is 16.3. The summed E-state index contributed by atoms with van der Waals surface area (Å²) in [5.41, 5.74) is 11.8. The second kappa shape index (κ2) is 13.9. The lowest BCUT2D eigenvalue weighted by Gasteiger charge is -2.26. The van der Waals surface area contributed by atoms with E-state index in [1.807, 2.05) is 0 Å². The minimum absolute atomic E-state index is 0.848. The quantitative estimate of drug-likeness (QED) is 0.157. The van der Waals surface area contributed by atoms with Crippen LogP contribution < -0.4 is 4.90 Å². The van der Waals surface area contributed by atoms with Crippen molar-refractivity contribution in [2.45, 2.75) is 0 Å². The van der Waals surface area contributed by atoms with E-state index in [2.05, 4.69) is 229 Å². The average molecular weight is 764 g/mol. The maximum atomic E-state index is 7.28. The van der Waals surface area contributed by atoms with Crippen LogP contribution in [0.25, 0.3) is 98.4 Å². The lowest BCUT2D eigenvalue weighted by Crippen LogP contribution is -2.10. The molecule has 60 heavy (non-hydrogen) atoms. The molecule has 12 aromatic rings. The Balaban J connectivity index is 1.11. The van der Waals surface area contributed by atoms with Crippen LogP contribution in [0.2, 0.25) is 0 Å². The third-order valence-corrected chi connectivity index (χ3v) is 12.2. The van der Waals surface area contributed by atoms with E-state index in [0.29, 0.717) is 0 Å². The highest BCUT2D eigenvalue weighted by molar-refractivity contribution is 6.26. The lowest BCUT2D eigenvalue weighted by molar-refractivity contribution is 0.670. The van der Waals surface area contributed by atoms with Crippen molar-refractivity contribution >= 4 is 82.1 Å². The number of benzene rings is 11. The third-order valence-electron chi connectivity index (χ3n) is 12.2. The molecular weight excluding hydrogens is 727 g/mol. The van der Waals surface area contributed by atoms with E-state index in [1.165, 1.54) is 65.3 Å². The number of hydrogen-bond acceptors (Lipinski definition) is 2. The van der Waals surface area contributed by atoms with Gasteiger partial charge in [0.2, 0.25) is 0 Å². The van der Waals surface area contributed by atoms with Crippen LogP contribution in [-0.4, -0.2) is 0 Å². The standard InChI is InChI=1S/C58H37NO/c1-3-14-38(15-4-1)40-26-28-42(29-27-40)56-46-19-8-7-18-43(46)36-54-52-24-13-25-55(57(52)60-58(54)56)59(44-32-30-41(31-33-44)39-16-5-2-6-17-39)45-34-35-51-49-22-10-9-20-47(49)48-21-11-12-23-50(48)53(51)37-45/h1-37H. The summed E-state index contributed by atoms with van der Waals surface area (Å²) in [6, 6.07) is 81.0. The molecule has 2 nitrogen and oxygen atoms in total. The Morgan fingerprint density at radius 2 is 0.733 bits per heavy atom. The van der Waals surface area contributed by atoms with Gasteiger partial charge in [-0.05, 0) is 107 Å². The first-order valence-electron chi connectivity index (χ1n) is 20.6. The number of furan rings is 1. The number of para-hydroxylation sites is 1. The maximum absolute atomic E-state index is 7.28. The summed E-state index contributed by atoms with van der Waals surface area (Å²) in [6.45, 7) is 0. The van der Waals surface area contributed by atoms with Gasteiger partial charge in [-0.2, -0.15) is 0 Å². The van der Waals surface area contributed by atoms with E-state index in [9.17, 15) is 0 Å². The van der Waals surface area contributed by atoms with Crippen LogP contribution in [-0.2, 0) is 0 Å². The van der Waals surface area contributed by atoms with Crippen LogP contribution in [0.4, 0.5) is 17.1 Å². The molecule has 0 aliphatic carbocycles. The fraction of sp³-hybridized carbons (Fsp3) is 0. The first-order chi connectivity index (χ1) is 29.8. The van der Waals surface area contributed by atoms with Gasteiger partial charge < -0.3 is 9.32 Å². The summed E-state index contributed by atoms with van der Waals surface area (Å²) in [6.07, 6.45) is 0. The van der Waals surface area contributed by atoms with E-state index < -0.39 is 0 Å². The summed E-state index contributed by atoms with van der Waals surface area (Å²) in [7, 11) is 0. The van der Waals surface area contributed by atoms with Crippen molar-refractivity contribution in [3.05, 3.63) is 224 Å². The second-order valence-electron chi connectivity index (χ2n) is 15.6. The lowest BCUT2D eigenvalue weighted by atomic mass is 9.93.